The van der Waals surface area contributed by atoms with Gasteiger partial charge in [0.25, 0.3) is 0 Å². The fraction of sp³-hybridized carbons (Fsp3) is 0.0667. The number of fused-ring (bicyclic) bond motifs is 2. The second kappa shape index (κ2) is 4.24. The average Bonchev–Trinajstić information content (AvgIpc) is 3.00. The Hall–Kier alpha value is -3.02. The van der Waals surface area contributed by atoms with Crippen molar-refractivity contribution in [2.75, 3.05) is 11.5 Å². The Morgan fingerprint density at radius 1 is 0.762 bits per heavy atom. The summed E-state index contributed by atoms with van der Waals surface area (Å²) in [4.78, 5) is 15.6. The monoisotopic (exact) mass is 278 g/mol. The lowest BCUT2D eigenvalue weighted by molar-refractivity contribution is 0.960. The summed E-state index contributed by atoms with van der Waals surface area (Å²) in [7, 11) is 0. The predicted molar refractivity (Wildman–Crippen MR) is 83.8 cm³/mol. The summed E-state index contributed by atoms with van der Waals surface area (Å²) in [6, 6.07) is 11.3. The van der Waals surface area contributed by atoms with Crippen LogP contribution in [0.4, 0.5) is 11.4 Å². The number of imidazole rings is 2. The maximum Gasteiger partial charge on any atom is 0.114 e. The van der Waals surface area contributed by atoms with Gasteiger partial charge in [0.05, 0.1) is 28.5 Å². The number of hydrogen-bond acceptors (Lipinski definition) is 4. The van der Waals surface area contributed by atoms with Crippen molar-refractivity contribution in [3.8, 4) is 0 Å². The van der Waals surface area contributed by atoms with Crippen molar-refractivity contribution < 1.29 is 0 Å². The third-order valence-electron chi connectivity index (χ3n) is 3.45. The SMILES string of the molecule is Nc1ccc2[nH]c(Cc3nc4cc(N)ccc4[nH]3)nc2c1. The molecule has 6 N–H and O–H groups in total. The van der Waals surface area contributed by atoms with Crippen molar-refractivity contribution in [3.63, 3.8) is 0 Å². The summed E-state index contributed by atoms with van der Waals surface area (Å²) < 4.78 is 0. The molecule has 0 saturated carbocycles. The van der Waals surface area contributed by atoms with Crippen LogP contribution < -0.4 is 11.5 Å². The van der Waals surface area contributed by atoms with E-state index in [2.05, 4.69) is 19.9 Å². The van der Waals surface area contributed by atoms with Gasteiger partial charge in [0, 0.05) is 11.4 Å². The molecule has 2 aromatic heterocycles. The molecule has 0 spiro atoms. The first kappa shape index (κ1) is 11.8. The highest BCUT2D eigenvalue weighted by Crippen LogP contribution is 2.18. The van der Waals surface area contributed by atoms with Crippen LogP contribution in [0.25, 0.3) is 22.1 Å². The molecule has 2 aromatic carbocycles. The van der Waals surface area contributed by atoms with Gasteiger partial charge in [-0.3, -0.25) is 0 Å². The first-order chi connectivity index (χ1) is 10.2. The van der Waals surface area contributed by atoms with Gasteiger partial charge < -0.3 is 21.4 Å². The van der Waals surface area contributed by atoms with Crippen molar-refractivity contribution in [3.05, 3.63) is 48.0 Å². The topological polar surface area (TPSA) is 109 Å². The van der Waals surface area contributed by atoms with Crippen LogP contribution in [-0.2, 0) is 6.42 Å². The highest BCUT2D eigenvalue weighted by molar-refractivity contribution is 5.80. The van der Waals surface area contributed by atoms with E-state index in [0.29, 0.717) is 17.8 Å². The summed E-state index contributed by atoms with van der Waals surface area (Å²) in [6.45, 7) is 0. The molecule has 0 atom stereocenters. The molecular weight excluding hydrogens is 264 g/mol. The number of nitrogens with one attached hydrogen (secondary N) is 2. The molecular formula is C15H14N6. The van der Waals surface area contributed by atoms with Crippen LogP contribution in [0.1, 0.15) is 11.6 Å². The van der Waals surface area contributed by atoms with E-state index in [1.165, 1.54) is 0 Å². The zero-order valence-electron chi connectivity index (χ0n) is 11.2. The molecule has 0 aliphatic carbocycles. The molecule has 4 rings (SSSR count). The number of aromatic nitrogens is 4. The fourth-order valence-corrected chi connectivity index (χ4v) is 2.48. The van der Waals surface area contributed by atoms with Gasteiger partial charge >= 0.3 is 0 Å². The Balaban J connectivity index is 1.71. The van der Waals surface area contributed by atoms with E-state index in [0.717, 1.165) is 33.7 Å². The molecule has 0 aliphatic rings. The minimum atomic E-state index is 0.600. The molecule has 0 bridgehead atoms. The number of aromatic amines is 2. The van der Waals surface area contributed by atoms with Crippen LogP contribution in [0.15, 0.2) is 36.4 Å². The van der Waals surface area contributed by atoms with Gasteiger partial charge in [-0.25, -0.2) is 9.97 Å². The number of benzene rings is 2. The Kier molecular flexibility index (Phi) is 2.38. The van der Waals surface area contributed by atoms with Crippen molar-refractivity contribution >= 4 is 33.4 Å². The molecule has 6 nitrogen and oxygen atoms in total. The quantitative estimate of drug-likeness (QED) is 0.421. The van der Waals surface area contributed by atoms with Crippen molar-refractivity contribution in [1.82, 2.24) is 19.9 Å². The van der Waals surface area contributed by atoms with E-state index < -0.39 is 0 Å². The molecule has 2 heterocycles. The van der Waals surface area contributed by atoms with E-state index in [9.17, 15) is 0 Å². The Labute approximate surface area is 120 Å². The Morgan fingerprint density at radius 2 is 1.24 bits per heavy atom. The van der Waals surface area contributed by atoms with E-state index >= 15 is 0 Å². The molecule has 4 aromatic rings. The zero-order valence-corrected chi connectivity index (χ0v) is 11.2. The molecule has 0 aliphatic heterocycles. The number of nitrogens with two attached hydrogens (primary N) is 2. The lowest BCUT2D eigenvalue weighted by Crippen LogP contribution is -1.92. The summed E-state index contributed by atoms with van der Waals surface area (Å²) in [5.41, 5.74) is 16.6. The van der Waals surface area contributed by atoms with Gasteiger partial charge in [-0.15, -0.1) is 0 Å². The summed E-state index contributed by atoms with van der Waals surface area (Å²) >= 11 is 0. The van der Waals surface area contributed by atoms with Crippen LogP contribution in [-0.4, -0.2) is 19.9 Å². The zero-order chi connectivity index (χ0) is 14.4. The van der Waals surface area contributed by atoms with Crippen molar-refractivity contribution in [2.45, 2.75) is 6.42 Å². The number of rotatable bonds is 2. The fourth-order valence-electron chi connectivity index (χ4n) is 2.48. The molecule has 0 unspecified atom stereocenters. The van der Waals surface area contributed by atoms with Crippen LogP contribution >= 0.6 is 0 Å². The maximum atomic E-state index is 5.77. The highest BCUT2D eigenvalue weighted by atomic mass is 15.0. The smallest absolute Gasteiger partial charge is 0.114 e. The van der Waals surface area contributed by atoms with Crippen molar-refractivity contribution in [1.29, 1.82) is 0 Å². The summed E-state index contributed by atoms with van der Waals surface area (Å²) in [5, 5.41) is 0. The third kappa shape index (κ3) is 2.06. The predicted octanol–water partition coefficient (Wildman–Crippen LogP) is 2.19. The van der Waals surface area contributed by atoms with Gasteiger partial charge in [0.2, 0.25) is 0 Å². The van der Waals surface area contributed by atoms with E-state index in [4.69, 9.17) is 11.5 Å². The minimum Gasteiger partial charge on any atom is -0.399 e. The lowest BCUT2D eigenvalue weighted by Gasteiger charge is -1.90. The second-order valence-electron chi connectivity index (χ2n) is 5.10. The highest BCUT2D eigenvalue weighted by Gasteiger charge is 2.08. The van der Waals surface area contributed by atoms with Crippen LogP contribution in [0.5, 0.6) is 0 Å². The molecule has 0 radical (unpaired) electrons. The largest absolute Gasteiger partial charge is 0.399 e. The number of nitrogens with zero attached hydrogens (tertiary/aromatic N) is 2. The number of nitrogen functional groups attached to an aromatic ring is 2. The average molecular weight is 278 g/mol. The van der Waals surface area contributed by atoms with Gasteiger partial charge in [0.1, 0.15) is 11.6 Å². The van der Waals surface area contributed by atoms with Crippen molar-refractivity contribution in [2.24, 2.45) is 0 Å². The first-order valence-corrected chi connectivity index (χ1v) is 6.65. The molecule has 0 fully saturated rings. The molecule has 0 saturated heterocycles. The number of hydrogen-bond donors (Lipinski definition) is 4. The lowest BCUT2D eigenvalue weighted by atomic mass is 10.3. The normalized spacial score (nSPS) is 11.4. The molecule has 6 heteroatoms. The van der Waals surface area contributed by atoms with Crippen LogP contribution in [0, 0.1) is 0 Å². The van der Waals surface area contributed by atoms with Crippen LogP contribution in [0.3, 0.4) is 0 Å². The molecule has 104 valence electrons. The summed E-state index contributed by atoms with van der Waals surface area (Å²) in [5.74, 6) is 1.70. The number of H-pyrrole nitrogens is 2. The second-order valence-corrected chi connectivity index (χ2v) is 5.10. The standard InChI is InChI=1S/C15H14N6/c16-8-1-3-10-12(5-8)20-14(18-10)7-15-19-11-4-2-9(17)6-13(11)21-15/h1-6H,7,16-17H2,(H,18,20)(H,19,21). The Morgan fingerprint density at radius 3 is 1.71 bits per heavy atom. The maximum absolute atomic E-state index is 5.77. The van der Waals surface area contributed by atoms with Gasteiger partial charge in [-0.05, 0) is 36.4 Å². The molecule has 21 heavy (non-hydrogen) atoms. The van der Waals surface area contributed by atoms with Crippen LogP contribution in [0.2, 0.25) is 0 Å². The van der Waals surface area contributed by atoms with Gasteiger partial charge in [0.15, 0.2) is 0 Å². The number of anilines is 2. The summed E-state index contributed by atoms with van der Waals surface area (Å²) in [6.07, 6.45) is 0.600. The molecule has 0 amide bonds. The van der Waals surface area contributed by atoms with Gasteiger partial charge in [-0.2, -0.15) is 0 Å². The van der Waals surface area contributed by atoms with Gasteiger partial charge in [-0.1, -0.05) is 0 Å². The first-order valence-electron chi connectivity index (χ1n) is 6.65. The third-order valence-corrected chi connectivity index (χ3v) is 3.45. The van der Waals surface area contributed by atoms with E-state index in [-0.39, 0.29) is 0 Å². The van der Waals surface area contributed by atoms with E-state index in [1.54, 1.807) is 0 Å². The minimum absolute atomic E-state index is 0.600. The van der Waals surface area contributed by atoms with E-state index in [1.807, 2.05) is 36.4 Å². The Bertz CT molecular complexity index is 871.